The third-order valence-electron chi connectivity index (χ3n) is 6.55. The monoisotopic (exact) mass is 544 g/mol. The smallest absolute Gasteiger partial charge is 0.366 e. The zero-order valence-electron chi connectivity index (χ0n) is 22.2. The number of carbonyl (C=O) groups is 1. The van der Waals surface area contributed by atoms with Crippen LogP contribution in [0, 0.1) is 0 Å². The van der Waals surface area contributed by atoms with Gasteiger partial charge in [0.05, 0.1) is 11.9 Å². The molecule has 10 heteroatoms. The second kappa shape index (κ2) is 10.4. The van der Waals surface area contributed by atoms with E-state index in [1.807, 2.05) is 56.3 Å². The average molecular weight is 545 g/mol. The van der Waals surface area contributed by atoms with Crippen LogP contribution in [-0.4, -0.2) is 25.5 Å². The van der Waals surface area contributed by atoms with Gasteiger partial charge in [-0.25, -0.2) is 4.98 Å². The van der Waals surface area contributed by atoms with E-state index in [0.717, 1.165) is 28.0 Å². The van der Waals surface area contributed by atoms with Gasteiger partial charge in [-0.1, -0.05) is 50.8 Å². The molecule has 1 amide bonds. The number of fused-ring (bicyclic) bond motifs is 2. The van der Waals surface area contributed by atoms with Gasteiger partial charge in [0.1, 0.15) is 5.82 Å². The van der Waals surface area contributed by atoms with Crippen LogP contribution in [0.4, 0.5) is 24.7 Å². The summed E-state index contributed by atoms with van der Waals surface area (Å²) in [5.41, 5.74) is 3.23. The number of anilines is 2. The number of hydrogen-bond acceptors (Lipinski definition) is 5. The number of halogens is 3. The lowest BCUT2D eigenvalue weighted by atomic mass is 9.99. The van der Waals surface area contributed by atoms with Crippen molar-refractivity contribution in [3.63, 3.8) is 0 Å². The standard InChI is InChI=1S/C30H27F3N6O/c1-17(2)24-16-36-39-26(14-25(30(31,32)33)38-28(24)39)35-15-20-7-5-6-8-22(20)27-23-10-9-21(37-29(40)18(3)4)13-19(23)11-12-34-27/h5-14,16-17,35H,3,15H2,1-2,4H3,(H,37,40). The fourth-order valence-corrected chi connectivity index (χ4v) is 4.46. The molecule has 3 heterocycles. The zero-order valence-corrected chi connectivity index (χ0v) is 22.2. The van der Waals surface area contributed by atoms with Crippen molar-refractivity contribution in [2.75, 3.05) is 10.6 Å². The lowest BCUT2D eigenvalue weighted by molar-refractivity contribution is -0.141. The summed E-state index contributed by atoms with van der Waals surface area (Å²) in [6, 6.07) is 15.9. The molecule has 0 bridgehead atoms. The van der Waals surface area contributed by atoms with E-state index < -0.39 is 11.9 Å². The molecule has 0 radical (unpaired) electrons. The number of carbonyl (C=O) groups excluding carboxylic acids is 1. The van der Waals surface area contributed by atoms with Crippen molar-refractivity contribution >= 4 is 33.8 Å². The number of nitrogens with one attached hydrogen (secondary N) is 2. The normalized spacial score (nSPS) is 11.8. The molecule has 5 rings (SSSR count). The molecule has 5 aromatic rings. The third kappa shape index (κ3) is 5.25. The Morgan fingerprint density at radius 2 is 1.88 bits per heavy atom. The Balaban J connectivity index is 1.51. The van der Waals surface area contributed by atoms with Crippen molar-refractivity contribution in [3.05, 3.63) is 96.0 Å². The molecule has 40 heavy (non-hydrogen) atoms. The van der Waals surface area contributed by atoms with Crippen LogP contribution >= 0.6 is 0 Å². The molecule has 0 unspecified atom stereocenters. The number of nitrogens with zero attached hydrogens (tertiary/aromatic N) is 4. The topological polar surface area (TPSA) is 84.2 Å². The zero-order chi connectivity index (χ0) is 28.6. The van der Waals surface area contributed by atoms with Crippen LogP contribution in [-0.2, 0) is 17.5 Å². The average Bonchev–Trinajstić information content (AvgIpc) is 3.35. The lowest BCUT2D eigenvalue weighted by Gasteiger charge is -2.15. The van der Waals surface area contributed by atoms with Gasteiger partial charge in [0.25, 0.3) is 5.91 Å². The molecule has 0 saturated carbocycles. The summed E-state index contributed by atoms with van der Waals surface area (Å²) in [5, 5.41) is 12.0. The molecule has 2 aromatic carbocycles. The Bertz CT molecular complexity index is 1760. The van der Waals surface area contributed by atoms with Crippen molar-refractivity contribution in [2.24, 2.45) is 0 Å². The van der Waals surface area contributed by atoms with Crippen LogP contribution in [0.15, 0.2) is 79.1 Å². The fraction of sp³-hybridized carbons (Fsp3) is 0.200. The van der Waals surface area contributed by atoms with Gasteiger partial charge >= 0.3 is 6.18 Å². The highest BCUT2D eigenvalue weighted by Gasteiger charge is 2.34. The Labute approximate surface area is 228 Å². The van der Waals surface area contributed by atoms with Gasteiger partial charge in [-0.05, 0) is 42.0 Å². The van der Waals surface area contributed by atoms with Gasteiger partial charge in [-0.2, -0.15) is 22.8 Å². The summed E-state index contributed by atoms with van der Waals surface area (Å²) in [5.74, 6) is -0.126. The SMILES string of the molecule is C=C(C)C(=O)Nc1ccc2c(-c3ccccc3CNc3cc(C(F)(F)F)nc4c(C(C)C)cnn34)nccc2c1. The molecule has 0 saturated heterocycles. The molecule has 0 aliphatic heterocycles. The van der Waals surface area contributed by atoms with Crippen LogP contribution in [0.25, 0.3) is 27.7 Å². The maximum Gasteiger partial charge on any atom is 0.433 e. The second-order valence-corrected chi connectivity index (χ2v) is 9.86. The van der Waals surface area contributed by atoms with Gasteiger partial charge < -0.3 is 10.6 Å². The van der Waals surface area contributed by atoms with E-state index >= 15 is 0 Å². The summed E-state index contributed by atoms with van der Waals surface area (Å²) >= 11 is 0. The fourth-order valence-electron chi connectivity index (χ4n) is 4.46. The molecule has 0 spiro atoms. The summed E-state index contributed by atoms with van der Waals surface area (Å²) in [4.78, 5) is 20.6. The van der Waals surface area contributed by atoms with Gasteiger partial charge in [0.15, 0.2) is 11.3 Å². The minimum atomic E-state index is -4.61. The summed E-state index contributed by atoms with van der Waals surface area (Å²) in [6.07, 6.45) is -1.37. The van der Waals surface area contributed by atoms with E-state index in [1.54, 1.807) is 25.4 Å². The van der Waals surface area contributed by atoms with Crippen LogP contribution in [0.3, 0.4) is 0 Å². The number of alkyl halides is 3. The van der Waals surface area contributed by atoms with E-state index in [4.69, 9.17) is 0 Å². The Hall–Kier alpha value is -4.73. The van der Waals surface area contributed by atoms with E-state index in [0.29, 0.717) is 22.5 Å². The molecule has 0 aliphatic rings. The van der Waals surface area contributed by atoms with Gasteiger partial charge in [-0.15, -0.1) is 0 Å². The lowest BCUT2D eigenvalue weighted by Crippen LogP contribution is -2.14. The predicted octanol–water partition coefficient (Wildman–Crippen LogP) is 7.21. The first-order valence-electron chi connectivity index (χ1n) is 12.7. The summed E-state index contributed by atoms with van der Waals surface area (Å²) in [7, 11) is 0. The predicted molar refractivity (Wildman–Crippen MR) is 150 cm³/mol. The number of pyridine rings is 1. The van der Waals surface area contributed by atoms with Crippen molar-refractivity contribution in [2.45, 2.75) is 39.4 Å². The molecule has 2 N–H and O–H groups in total. The number of rotatable bonds is 7. The van der Waals surface area contributed by atoms with Crippen molar-refractivity contribution < 1.29 is 18.0 Å². The van der Waals surface area contributed by atoms with E-state index in [9.17, 15) is 18.0 Å². The summed E-state index contributed by atoms with van der Waals surface area (Å²) < 4.78 is 42.5. The Morgan fingerprint density at radius 1 is 1.10 bits per heavy atom. The summed E-state index contributed by atoms with van der Waals surface area (Å²) in [6.45, 7) is 9.29. The highest BCUT2D eigenvalue weighted by molar-refractivity contribution is 6.05. The van der Waals surface area contributed by atoms with Gasteiger partial charge in [0.2, 0.25) is 0 Å². The van der Waals surface area contributed by atoms with E-state index in [2.05, 4.69) is 32.3 Å². The first-order chi connectivity index (χ1) is 19.0. The molecule has 7 nitrogen and oxygen atoms in total. The van der Waals surface area contributed by atoms with E-state index in [-0.39, 0.29) is 29.8 Å². The number of amides is 1. The van der Waals surface area contributed by atoms with Crippen molar-refractivity contribution in [1.29, 1.82) is 0 Å². The number of benzene rings is 2. The highest BCUT2D eigenvalue weighted by Crippen LogP contribution is 2.33. The number of aromatic nitrogens is 4. The third-order valence-corrected chi connectivity index (χ3v) is 6.55. The second-order valence-electron chi connectivity index (χ2n) is 9.86. The Kier molecular flexibility index (Phi) is 7.01. The minimum Gasteiger partial charge on any atom is -0.366 e. The molecule has 0 aliphatic carbocycles. The van der Waals surface area contributed by atoms with Gasteiger partial charge in [-0.3, -0.25) is 9.78 Å². The first kappa shape index (κ1) is 26.9. The maximum atomic E-state index is 13.7. The highest BCUT2D eigenvalue weighted by atomic mass is 19.4. The molecule has 0 atom stereocenters. The minimum absolute atomic E-state index is 0.0471. The molecular weight excluding hydrogens is 517 g/mol. The van der Waals surface area contributed by atoms with Crippen molar-refractivity contribution in [3.8, 4) is 11.3 Å². The molecular formula is C30H27F3N6O. The first-order valence-corrected chi connectivity index (χ1v) is 12.7. The van der Waals surface area contributed by atoms with Crippen LogP contribution in [0.5, 0.6) is 0 Å². The maximum absolute atomic E-state index is 13.7. The van der Waals surface area contributed by atoms with Crippen LogP contribution < -0.4 is 10.6 Å². The quantitative estimate of drug-likeness (QED) is 0.212. The largest absolute Gasteiger partial charge is 0.433 e. The van der Waals surface area contributed by atoms with Crippen LogP contribution in [0.1, 0.15) is 43.5 Å². The molecule has 204 valence electrons. The van der Waals surface area contributed by atoms with E-state index in [1.165, 1.54) is 4.52 Å². The van der Waals surface area contributed by atoms with Gasteiger partial charge in [0, 0.05) is 46.6 Å². The Morgan fingerprint density at radius 3 is 2.60 bits per heavy atom. The van der Waals surface area contributed by atoms with Crippen LogP contribution in [0.2, 0.25) is 0 Å². The molecule has 3 aromatic heterocycles. The van der Waals surface area contributed by atoms with Crippen molar-refractivity contribution in [1.82, 2.24) is 19.6 Å². The number of hydrogen-bond donors (Lipinski definition) is 2. The molecule has 0 fully saturated rings.